The molecule has 7 nitrogen and oxygen atoms in total. The SMILES string of the molecule is CC(c1ncnn1-c1ncccn1)N(CC1CC1)C(=O)c1cccc(SC(F)(F)F)c1. The van der Waals surface area contributed by atoms with Crippen LogP contribution in [0.1, 0.15) is 42.0 Å². The predicted molar refractivity (Wildman–Crippen MR) is 107 cm³/mol. The quantitative estimate of drug-likeness (QED) is 0.502. The van der Waals surface area contributed by atoms with Gasteiger partial charge in [-0.15, -0.1) is 0 Å². The van der Waals surface area contributed by atoms with Gasteiger partial charge in [0.25, 0.3) is 11.9 Å². The van der Waals surface area contributed by atoms with E-state index in [9.17, 15) is 18.0 Å². The fourth-order valence-electron chi connectivity index (χ4n) is 3.22. The summed E-state index contributed by atoms with van der Waals surface area (Å²) in [6.07, 6.45) is 6.54. The van der Waals surface area contributed by atoms with Gasteiger partial charge in [-0.25, -0.2) is 15.0 Å². The van der Waals surface area contributed by atoms with E-state index in [4.69, 9.17) is 0 Å². The van der Waals surface area contributed by atoms with Gasteiger partial charge in [-0.3, -0.25) is 4.79 Å². The average molecular weight is 448 g/mol. The predicted octanol–water partition coefficient (Wildman–Crippen LogP) is 4.28. The molecule has 3 aromatic rings. The summed E-state index contributed by atoms with van der Waals surface area (Å²) in [6.45, 7) is 2.30. The highest BCUT2D eigenvalue weighted by Gasteiger charge is 2.34. The number of amides is 1. The topological polar surface area (TPSA) is 76.8 Å². The Morgan fingerprint density at radius 3 is 2.65 bits per heavy atom. The molecule has 162 valence electrons. The molecule has 0 aliphatic heterocycles. The van der Waals surface area contributed by atoms with Crippen LogP contribution in [0.25, 0.3) is 5.95 Å². The normalized spacial score (nSPS) is 15.0. The number of benzene rings is 1. The summed E-state index contributed by atoms with van der Waals surface area (Å²) < 4.78 is 39.8. The largest absolute Gasteiger partial charge is 0.446 e. The first-order valence-electron chi connectivity index (χ1n) is 9.66. The van der Waals surface area contributed by atoms with Crippen LogP contribution in [0.5, 0.6) is 0 Å². The van der Waals surface area contributed by atoms with E-state index in [1.165, 1.54) is 35.3 Å². The molecule has 0 N–H and O–H groups in total. The Morgan fingerprint density at radius 2 is 1.97 bits per heavy atom. The van der Waals surface area contributed by atoms with Crippen molar-refractivity contribution < 1.29 is 18.0 Å². The van der Waals surface area contributed by atoms with E-state index < -0.39 is 11.6 Å². The molecule has 4 rings (SSSR count). The van der Waals surface area contributed by atoms with Gasteiger partial charge in [0, 0.05) is 29.4 Å². The molecule has 1 aliphatic rings. The first-order chi connectivity index (χ1) is 14.8. The van der Waals surface area contributed by atoms with Gasteiger partial charge >= 0.3 is 5.51 Å². The maximum Gasteiger partial charge on any atom is 0.446 e. The Hall–Kier alpha value is -2.95. The van der Waals surface area contributed by atoms with Crippen LogP contribution in [-0.2, 0) is 0 Å². The van der Waals surface area contributed by atoms with Crippen LogP contribution in [0.15, 0.2) is 53.9 Å². The molecule has 2 aromatic heterocycles. The van der Waals surface area contributed by atoms with E-state index in [2.05, 4.69) is 20.1 Å². The summed E-state index contributed by atoms with van der Waals surface area (Å²) in [5.74, 6) is 0.807. The summed E-state index contributed by atoms with van der Waals surface area (Å²) in [7, 11) is 0. The number of thioether (sulfide) groups is 1. The molecule has 31 heavy (non-hydrogen) atoms. The zero-order valence-electron chi connectivity index (χ0n) is 16.5. The maximum atomic E-state index is 13.4. The van der Waals surface area contributed by atoms with E-state index in [0.29, 0.717) is 24.2 Å². The minimum atomic E-state index is -4.42. The van der Waals surface area contributed by atoms with Crippen LogP contribution in [0, 0.1) is 5.92 Å². The van der Waals surface area contributed by atoms with Crippen molar-refractivity contribution in [2.24, 2.45) is 5.92 Å². The molecular formula is C20H19F3N6OS. The average Bonchev–Trinajstić information content (AvgIpc) is 3.43. The highest BCUT2D eigenvalue weighted by Crippen LogP contribution is 2.38. The van der Waals surface area contributed by atoms with Gasteiger partial charge in [-0.05, 0) is 61.7 Å². The van der Waals surface area contributed by atoms with Crippen molar-refractivity contribution in [3.63, 3.8) is 0 Å². The molecule has 1 saturated carbocycles. The van der Waals surface area contributed by atoms with Gasteiger partial charge < -0.3 is 4.90 Å². The first kappa shape index (κ1) is 21.3. The van der Waals surface area contributed by atoms with E-state index in [-0.39, 0.29) is 28.1 Å². The van der Waals surface area contributed by atoms with E-state index in [1.54, 1.807) is 23.4 Å². The van der Waals surface area contributed by atoms with Crippen LogP contribution in [0.4, 0.5) is 13.2 Å². The van der Waals surface area contributed by atoms with Gasteiger partial charge in [0.1, 0.15) is 6.33 Å². The maximum absolute atomic E-state index is 13.4. The molecule has 0 radical (unpaired) electrons. The van der Waals surface area contributed by atoms with Crippen molar-refractivity contribution in [1.29, 1.82) is 0 Å². The van der Waals surface area contributed by atoms with E-state index in [0.717, 1.165) is 12.8 Å². The third-order valence-corrected chi connectivity index (χ3v) is 5.61. The molecule has 0 saturated heterocycles. The lowest BCUT2D eigenvalue weighted by atomic mass is 10.1. The summed E-state index contributed by atoms with van der Waals surface area (Å²) in [4.78, 5) is 27.6. The monoisotopic (exact) mass is 448 g/mol. The molecule has 1 unspecified atom stereocenters. The summed E-state index contributed by atoms with van der Waals surface area (Å²) in [6, 6.07) is 6.80. The Bertz CT molecular complexity index is 1050. The second-order valence-corrected chi connectivity index (χ2v) is 8.37. The number of aromatic nitrogens is 5. The molecule has 11 heteroatoms. The van der Waals surface area contributed by atoms with Crippen molar-refractivity contribution in [3.8, 4) is 5.95 Å². The number of hydrogen-bond donors (Lipinski definition) is 0. The molecule has 2 heterocycles. The van der Waals surface area contributed by atoms with Gasteiger partial charge in [-0.2, -0.15) is 23.0 Å². The summed E-state index contributed by atoms with van der Waals surface area (Å²) in [5, 5.41) is 4.19. The third kappa shape index (κ3) is 5.22. The lowest BCUT2D eigenvalue weighted by Crippen LogP contribution is -2.36. The second kappa shape index (κ2) is 8.66. The van der Waals surface area contributed by atoms with E-state index >= 15 is 0 Å². The molecule has 1 amide bonds. The highest BCUT2D eigenvalue weighted by atomic mass is 32.2. The van der Waals surface area contributed by atoms with Crippen LogP contribution in [-0.4, -0.2) is 47.6 Å². The zero-order chi connectivity index (χ0) is 22.0. The van der Waals surface area contributed by atoms with Gasteiger partial charge in [0.2, 0.25) is 0 Å². The third-order valence-electron chi connectivity index (χ3n) is 4.88. The standard InChI is InChI=1S/C20H19F3N6OS/c1-13(17-26-12-27-29(17)19-24-8-3-9-25-19)28(11-14-6-7-14)18(30)15-4-2-5-16(10-15)31-20(21,22)23/h2-5,8-10,12-14H,6-7,11H2,1H3. The van der Waals surface area contributed by atoms with Crippen molar-refractivity contribution in [1.82, 2.24) is 29.6 Å². The molecule has 0 spiro atoms. The molecule has 1 aromatic carbocycles. The number of carbonyl (C=O) groups is 1. The number of hydrogen-bond acceptors (Lipinski definition) is 6. The fourth-order valence-corrected chi connectivity index (χ4v) is 3.82. The smallest absolute Gasteiger partial charge is 0.328 e. The van der Waals surface area contributed by atoms with Crippen molar-refractivity contribution in [3.05, 3.63) is 60.4 Å². The van der Waals surface area contributed by atoms with Gasteiger partial charge in [-0.1, -0.05) is 6.07 Å². The van der Waals surface area contributed by atoms with Crippen molar-refractivity contribution in [2.45, 2.75) is 36.2 Å². The molecule has 0 bridgehead atoms. The second-order valence-electron chi connectivity index (χ2n) is 7.23. The van der Waals surface area contributed by atoms with Crippen LogP contribution in [0.2, 0.25) is 0 Å². The Labute approximate surface area is 180 Å². The number of nitrogens with zero attached hydrogens (tertiary/aromatic N) is 6. The van der Waals surface area contributed by atoms with Crippen LogP contribution in [0.3, 0.4) is 0 Å². The van der Waals surface area contributed by atoms with Crippen LogP contribution >= 0.6 is 11.8 Å². The molecule has 1 fully saturated rings. The lowest BCUT2D eigenvalue weighted by molar-refractivity contribution is -0.0328. The molecular weight excluding hydrogens is 429 g/mol. The van der Waals surface area contributed by atoms with Crippen LogP contribution < -0.4 is 0 Å². The van der Waals surface area contributed by atoms with Gasteiger partial charge in [0.05, 0.1) is 6.04 Å². The van der Waals surface area contributed by atoms with Crippen molar-refractivity contribution in [2.75, 3.05) is 6.54 Å². The minimum absolute atomic E-state index is 0.0294. The number of carbonyl (C=O) groups excluding carboxylic acids is 1. The van der Waals surface area contributed by atoms with E-state index in [1.807, 2.05) is 6.92 Å². The lowest BCUT2D eigenvalue weighted by Gasteiger charge is -2.29. The number of alkyl halides is 3. The van der Waals surface area contributed by atoms with Gasteiger partial charge in [0.15, 0.2) is 5.82 Å². The summed E-state index contributed by atoms with van der Waals surface area (Å²) in [5.41, 5.74) is -4.22. The number of rotatable bonds is 7. The Kier molecular flexibility index (Phi) is 5.94. The number of halogens is 3. The minimum Gasteiger partial charge on any atom is -0.328 e. The fraction of sp³-hybridized carbons (Fsp3) is 0.350. The molecule has 1 atom stereocenters. The summed E-state index contributed by atoms with van der Waals surface area (Å²) >= 11 is -0.238. The first-order valence-corrected chi connectivity index (χ1v) is 10.5. The highest BCUT2D eigenvalue weighted by molar-refractivity contribution is 8.00. The Morgan fingerprint density at radius 1 is 1.23 bits per heavy atom. The van der Waals surface area contributed by atoms with Crippen molar-refractivity contribution >= 4 is 17.7 Å². The molecule has 1 aliphatic carbocycles. The Balaban J connectivity index is 1.63. The zero-order valence-corrected chi connectivity index (χ0v) is 17.3.